The Kier molecular flexibility index (Phi) is 14.5. The molecule has 0 heterocycles. The molecule has 2 N–H and O–H groups in total. The van der Waals surface area contributed by atoms with Gasteiger partial charge in [0.2, 0.25) is 0 Å². The van der Waals surface area contributed by atoms with E-state index in [9.17, 15) is 29.7 Å². The first-order chi connectivity index (χ1) is 6.75. The van der Waals surface area contributed by atoms with Crippen molar-refractivity contribution in [1.29, 1.82) is 0 Å². The van der Waals surface area contributed by atoms with Crippen molar-refractivity contribution in [3.05, 3.63) is 0 Å². The third-order valence-corrected chi connectivity index (χ3v) is 1.63. The largest absolute Gasteiger partial charge is 1.00 e. The molecule has 0 rings (SSSR count). The summed E-state index contributed by atoms with van der Waals surface area (Å²) in [5.41, 5.74) is -3.12. The van der Waals surface area contributed by atoms with Crippen LogP contribution in [0.25, 0.3) is 0 Å². The summed E-state index contributed by atoms with van der Waals surface area (Å²) in [5.74, 6) is -5.74. The molecule has 0 bridgehead atoms. The zero-order valence-electron chi connectivity index (χ0n) is 9.63. The number of aliphatic hydroxyl groups excluding tert-OH is 1. The van der Waals surface area contributed by atoms with Crippen LogP contribution in [0.4, 0.5) is 0 Å². The van der Waals surface area contributed by atoms with Gasteiger partial charge in [0.05, 0.1) is 13.1 Å². The number of rotatable bonds is 5. The van der Waals surface area contributed by atoms with E-state index in [1.165, 1.54) is 0 Å². The maximum absolute atomic E-state index is 10.9. The predicted molar refractivity (Wildman–Crippen MR) is 37.6 cm³/mol. The van der Waals surface area contributed by atoms with Crippen LogP contribution in [0.3, 0.4) is 0 Å². The van der Waals surface area contributed by atoms with E-state index in [4.69, 9.17) is 5.11 Å². The van der Waals surface area contributed by atoms with Gasteiger partial charge in [0.25, 0.3) is 0 Å². The van der Waals surface area contributed by atoms with Crippen LogP contribution in [-0.2, 0) is 19.1 Å². The van der Waals surface area contributed by atoms with Crippen molar-refractivity contribution in [2.75, 3.05) is 7.11 Å². The van der Waals surface area contributed by atoms with Gasteiger partial charge in [-0.15, -0.1) is 0 Å². The molecule has 2 unspecified atom stereocenters. The average molecular weight is 298 g/mol. The first kappa shape index (κ1) is 23.7. The molecule has 0 aliphatic rings. The summed E-state index contributed by atoms with van der Waals surface area (Å²) < 4.78 is 3.96. The second-order valence-electron chi connectivity index (χ2n) is 2.69. The van der Waals surface area contributed by atoms with E-state index in [0.717, 1.165) is 7.11 Å². The van der Waals surface area contributed by atoms with E-state index < -0.39 is 36.0 Å². The molecule has 2 atom stereocenters. The maximum atomic E-state index is 10.9. The van der Waals surface area contributed by atoms with Crippen LogP contribution < -0.4 is 113 Å². The molecular weight excluding hydrogens is 290 g/mol. The minimum absolute atomic E-state index is 0. The molecule has 0 aliphatic carbocycles. The van der Waals surface area contributed by atoms with E-state index in [0.29, 0.717) is 0 Å². The third kappa shape index (κ3) is 7.08. The van der Waals surface area contributed by atoms with Crippen molar-refractivity contribution < 1.29 is 142 Å². The first-order valence-electron chi connectivity index (χ1n) is 3.65. The quantitative estimate of drug-likeness (QED) is 0.375. The summed E-state index contributed by atoms with van der Waals surface area (Å²) >= 11 is 0. The van der Waals surface area contributed by atoms with Gasteiger partial charge in [-0.1, -0.05) is 0 Å². The normalized spacial score (nSPS) is 14.3. The van der Waals surface area contributed by atoms with Crippen molar-refractivity contribution in [2.45, 2.75) is 18.1 Å². The fourth-order valence-electron chi connectivity index (χ4n) is 0.872. The molecular formula is C7H8K2O8. The standard InChI is InChI=1S/C7H10O8.2K/c1-15-6(13)7(14,2-3(8)9)4(10)5(11)12;;/h4,10,14H,2H2,1H3,(H,8,9)(H,11,12);;/q;2*+1/p-2. The average Bonchev–Trinajstić information content (AvgIpc) is 2.13. The monoisotopic (exact) mass is 298 g/mol. The number of aliphatic carboxylic acids is 2. The van der Waals surface area contributed by atoms with Crippen LogP contribution in [0.2, 0.25) is 0 Å². The molecule has 0 saturated carbocycles. The minimum atomic E-state index is -3.12. The number of carbonyl (C=O) groups is 3. The molecule has 0 saturated heterocycles. The first-order valence-corrected chi connectivity index (χ1v) is 3.65. The van der Waals surface area contributed by atoms with Crippen LogP contribution in [0.15, 0.2) is 0 Å². The Hall–Kier alpha value is 1.60. The molecule has 0 spiro atoms. The Morgan fingerprint density at radius 3 is 1.94 bits per heavy atom. The van der Waals surface area contributed by atoms with Crippen molar-refractivity contribution in [3.63, 3.8) is 0 Å². The van der Waals surface area contributed by atoms with E-state index in [-0.39, 0.29) is 103 Å². The van der Waals surface area contributed by atoms with Crippen LogP contribution in [0.1, 0.15) is 6.42 Å². The summed E-state index contributed by atoms with van der Waals surface area (Å²) in [6, 6.07) is 0. The van der Waals surface area contributed by atoms with Crippen molar-refractivity contribution in [1.82, 2.24) is 0 Å². The van der Waals surface area contributed by atoms with Gasteiger partial charge >= 0.3 is 109 Å². The molecule has 0 aliphatic heterocycles. The number of hydrogen-bond donors (Lipinski definition) is 2. The van der Waals surface area contributed by atoms with Gasteiger partial charge in [0, 0.05) is 12.4 Å². The van der Waals surface area contributed by atoms with Gasteiger partial charge in [0.1, 0.15) is 6.10 Å². The fraction of sp³-hybridized carbons (Fsp3) is 0.571. The number of ether oxygens (including phenoxy) is 1. The maximum Gasteiger partial charge on any atom is 1.00 e. The number of methoxy groups -OCH3 is 1. The summed E-state index contributed by atoms with van der Waals surface area (Å²) in [6.07, 6.45) is -4.14. The fourth-order valence-corrected chi connectivity index (χ4v) is 0.872. The Balaban J connectivity index is -0.000000980. The third-order valence-electron chi connectivity index (χ3n) is 1.63. The van der Waals surface area contributed by atoms with E-state index in [2.05, 4.69) is 4.74 Å². The van der Waals surface area contributed by atoms with E-state index >= 15 is 0 Å². The number of hydrogen-bond acceptors (Lipinski definition) is 8. The number of carboxylic acids is 2. The van der Waals surface area contributed by atoms with Crippen molar-refractivity contribution in [2.24, 2.45) is 0 Å². The van der Waals surface area contributed by atoms with Crippen LogP contribution in [-0.4, -0.2) is 46.9 Å². The molecule has 8 nitrogen and oxygen atoms in total. The van der Waals surface area contributed by atoms with Crippen LogP contribution in [0, 0.1) is 0 Å². The molecule has 10 heteroatoms. The molecule has 0 fully saturated rings. The molecule has 0 amide bonds. The molecule has 0 radical (unpaired) electrons. The molecule has 0 aromatic heterocycles. The van der Waals surface area contributed by atoms with Crippen LogP contribution >= 0.6 is 0 Å². The predicted octanol–water partition coefficient (Wildman–Crippen LogP) is -10.9. The van der Waals surface area contributed by atoms with Gasteiger partial charge < -0.3 is 34.8 Å². The Bertz CT molecular complexity index is 294. The Morgan fingerprint density at radius 1 is 1.29 bits per heavy atom. The molecule has 17 heavy (non-hydrogen) atoms. The number of aliphatic hydroxyl groups is 2. The summed E-state index contributed by atoms with van der Waals surface area (Å²) in [7, 11) is 0.782. The van der Waals surface area contributed by atoms with Crippen LogP contribution in [0.5, 0.6) is 0 Å². The smallest absolute Gasteiger partial charge is 0.550 e. The van der Waals surface area contributed by atoms with Gasteiger partial charge in [-0.05, 0) is 0 Å². The van der Waals surface area contributed by atoms with Crippen molar-refractivity contribution in [3.8, 4) is 0 Å². The summed E-state index contributed by atoms with van der Waals surface area (Å²) in [5, 5.41) is 38.6. The zero-order chi connectivity index (χ0) is 12.2. The van der Waals surface area contributed by atoms with Gasteiger partial charge in [-0.2, -0.15) is 0 Å². The zero-order valence-corrected chi connectivity index (χ0v) is 15.9. The van der Waals surface area contributed by atoms with E-state index in [1.54, 1.807) is 0 Å². The number of carboxylic acid groups (broad SMARTS) is 2. The minimum Gasteiger partial charge on any atom is -0.550 e. The summed E-state index contributed by atoms with van der Waals surface area (Å²) in [6.45, 7) is 0. The molecule has 0 aromatic carbocycles. The van der Waals surface area contributed by atoms with Gasteiger partial charge in [-0.25, -0.2) is 4.79 Å². The van der Waals surface area contributed by atoms with Gasteiger partial charge in [-0.3, -0.25) is 0 Å². The Labute approximate surface area is 182 Å². The SMILES string of the molecule is COC(=O)C(O)(CC(=O)[O-])C(O)C(=O)[O-].[K+].[K+]. The number of esters is 1. The molecule has 86 valence electrons. The number of carbonyl (C=O) groups excluding carboxylic acids is 3. The van der Waals surface area contributed by atoms with E-state index in [1.807, 2.05) is 0 Å². The summed E-state index contributed by atoms with van der Waals surface area (Å²) in [4.78, 5) is 31.3. The molecule has 0 aromatic rings. The second-order valence-corrected chi connectivity index (χ2v) is 2.69. The van der Waals surface area contributed by atoms with Gasteiger partial charge in [0.15, 0.2) is 5.60 Å². The Morgan fingerprint density at radius 2 is 1.71 bits per heavy atom. The second kappa shape index (κ2) is 10.4. The topological polar surface area (TPSA) is 147 Å². The van der Waals surface area contributed by atoms with Crippen molar-refractivity contribution >= 4 is 17.9 Å².